The van der Waals surface area contributed by atoms with Gasteiger partial charge in [-0.05, 0) is 55.1 Å². The molecule has 0 bridgehead atoms. The average molecular weight is 441 g/mol. The molecular weight excluding hydrogens is 424 g/mol. The standard InChI is InChI=1S/C21H17BrN2O2S/c1-13-5-3-9-23-20(13)24(12-16-6-4-10-27-16)21(25)19-14(2)17-8-7-15(22)11-18(17)26-19/h3-11H,12H2,1-2H3. The van der Waals surface area contributed by atoms with E-state index in [9.17, 15) is 4.79 Å². The summed E-state index contributed by atoms with van der Waals surface area (Å²) in [5, 5.41) is 2.95. The molecule has 0 unspecified atom stereocenters. The lowest BCUT2D eigenvalue weighted by Crippen LogP contribution is -2.31. The Balaban J connectivity index is 1.81. The van der Waals surface area contributed by atoms with Crippen molar-refractivity contribution in [2.45, 2.75) is 20.4 Å². The van der Waals surface area contributed by atoms with Crippen molar-refractivity contribution in [2.75, 3.05) is 4.90 Å². The first kappa shape index (κ1) is 17.9. The molecule has 3 heterocycles. The lowest BCUT2D eigenvalue weighted by atomic mass is 10.1. The molecule has 0 radical (unpaired) electrons. The Morgan fingerprint density at radius 1 is 1.22 bits per heavy atom. The number of anilines is 1. The van der Waals surface area contributed by atoms with E-state index >= 15 is 0 Å². The zero-order chi connectivity index (χ0) is 19.0. The van der Waals surface area contributed by atoms with Crippen molar-refractivity contribution in [3.05, 3.63) is 80.3 Å². The van der Waals surface area contributed by atoms with Crippen LogP contribution in [0.4, 0.5) is 5.82 Å². The van der Waals surface area contributed by atoms with Crippen LogP contribution in [0, 0.1) is 13.8 Å². The van der Waals surface area contributed by atoms with E-state index in [0.29, 0.717) is 23.7 Å². The number of furan rings is 1. The van der Waals surface area contributed by atoms with Gasteiger partial charge in [0.15, 0.2) is 5.76 Å². The molecule has 0 aliphatic rings. The van der Waals surface area contributed by atoms with Crippen LogP contribution < -0.4 is 4.90 Å². The molecule has 4 aromatic rings. The number of fused-ring (bicyclic) bond motifs is 1. The number of nitrogens with zero attached hydrogens (tertiary/aromatic N) is 2. The lowest BCUT2D eigenvalue weighted by molar-refractivity contribution is 0.0959. The number of aromatic nitrogens is 1. The number of carbonyl (C=O) groups excluding carboxylic acids is 1. The third-order valence-corrected chi connectivity index (χ3v) is 5.83. The van der Waals surface area contributed by atoms with Crippen molar-refractivity contribution >= 4 is 50.0 Å². The molecule has 0 atom stereocenters. The number of carbonyl (C=O) groups is 1. The molecule has 0 saturated carbocycles. The van der Waals surface area contributed by atoms with E-state index in [2.05, 4.69) is 20.9 Å². The summed E-state index contributed by atoms with van der Waals surface area (Å²) in [6, 6.07) is 13.6. The number of rotatable bonds is 4. The SMILES string of the molecule is Cc1cccnc1N(Cc1cccs1)C(=O)c1oc2cc(Br)ccc2c1C. The summed E-state index contributed by atoms with van der Waals surface area (Å²) in [6.45, 7) is 4.33. The molecule has 0 fully saturated rings. The van der Waals surface area contributed by atoms with Crippen LogP contribution in [0.15, 0.2) is 62.9 Å². The molecular formula is C21H17BrN2O2S. The highest BCUT2D eigenvalue weighted by molar-refractivity contribution is 9.10. The Labute approximate surface area is 169 Å². The van der Waals surface area contributed by atoms with Crippen LogP contribution in [-0.2, 0) is 6.54 Å². The van der Waals surface area contributed by atoms with Crippen LogP contribution in [0.5, 0.6) is 0 Å². The van der Waals surface area contributed by atoms with Gasteiger partial charge in [0.2, 0.25) is 0 Å². The highest BCUT2D eigenvalue weighted by Gasteiger charge is 2.26. The summed E-state index contributed by atoms with van der Waals surface area (Å²) in [7, 11) is 0. The van der Waals surface area contributed by atoms with Crippen molar-refractivity contribution < 1.29 is 9.21 Å². The number of hydrogen-bond donors (Lipinski definition) is 0. The fraction of sp³-hybridized carbons (Fsp3) is 0.143. The zero-order valence-electron chi connectivity index (χ0n) is 14.9. The van der Waals surface area contributed by atoms with E-state index < -0.39 is 0 Å². The van der Waals surface area contributed by atoms with Crippen LogP contribution >= 0.6 is 27.3 Å². The number of aryl methyl sites for hydroxylation is 2. The minimum atomic E-state index is -0.185. The maximum atomic E-state index is 13.5. The molecule has 6 heteroatoms. The molecule has 0 aliphatic heterocycles. The maximum absolute atomic E-state index is 13.5. The largest absolute Gasteiger partial charge is 0.451 e. The Morgan fingerprint density at radius 3 is 2.81 bits per heavy atom. The zero-order valence-corrected chi connectivity index (χ0v) is 17.3. The molecule has 136 valence electrons. The predicted molar refractivity (Wildman–Crippen MR) is 112 cm³/mol. The normalized spacial score (nSPS) is 11.1. The van der Waals surface area contributed by atoms with E-state index in [0.717, 1.165) is 25.9 Å². The highest BCUT2D eigenvalue weighted by Crippen LogP contribution is 2.31. The summed E-state index contributed by atoms with van der Waals surface area (Å²) in [5.74, 6) is 0.816. The molecule has 4 nitrogen and oxygen atoms in total. The van der Waals surface area contributed by atoms with E-state index in [1.54, 1.807) is 22.4 Å². The van der Waals surface area contributed by atoms with Gasteiger partial charge >= 0.3 is 0 Å². The number of thiophene rings is 1. The average Bonchev–Trinajstić information content (AvgIpc) is 3.28. The fourth-order valence-electron chi connectivity index (χ4n) is 3.09. The molecule has 3 aromatic heterocycles. The van der Waals surface area contributed by atoms with Crippen LogP contribution in [0.1, 0.15) is 26.6 Å². The monoisotopic (exact) mass is 440 g/mol. The Bertz CT molecular complexity index is 1120. The van der Waals surface area contributed by atoms with Gasteiger partial charge in [-0.3, -0.25) is 9.69 Å². The van der Waals surface area contributed by atoms with Crippen molar-refractivity contribution in [3.8, 4) is 0 Å². The first-order valence-corrected chi connectivity index (χ1v) is 10.2. The molecule has 0 aliphatic carbocycles. The predicted octanol–water partition coefficient (Wildman–Crippen LogP) is 6.12. The van der Waals surface area contributed by atoms with Crippen molar-refractivity contribution in [3.63, 3.8) is 0 Å². The molecule has 0 saturated heterocycles. The second-order valence-electron chi connectivity index (χ2n) is 6.31. The van der Waals surface area contributed by atoms with Crippen molar-refractivity contribution in [1.82, 2.24) is 4.98 Å². The van der Waals surface area contributed by atoms with Gasteiger partial charge < -0.3 is 4.42 Å². The van der Waals surface area contributed by atoms with Gasteiger partial charge in [-0.2, -0.15) is 0 Å². The minimum absolute atomic E-state index is 0.185. The van der Waals surface area contributed by atoms with E-state index in [1.165, 1.54) is 0 Å². The van der Waals surface area contributed by atoms with Crippen LogP contribution in [-0.4, -0.2) is 10.9 Å². The first-order chi connectivity index (χ1) is 13.0. The number of hydrogen-bond acceptors (Lipinski definition) is 4. The van der Waals surface area contributed by atoms with Crippen LogP contribution in [0.3, 0.4) is 0 Å². The third-order valence-electron chi connectivity index (χ3n) is 4.47. The Hall–Kier alpha value is -2.44. The van der Waals surface area contributed by atoms with Gasteiger partial charge in [0.25, 0.3) is 5.91 Å². The maximum Gasteiger partial charge on any atom is 0.295 e. The van der Waals surface area contributed by atoms with Crippen LogP contribution in [0.2, 0.25) is 0 Å². The number of halogens is 1. The van der Waals surface area contributed by atoms with Gasteiger partial charge in [-0.1, -0.05) is 28.1 Å². The number of benzene rings is 1. The van der Waals surface area contributed by atoms with Crippen molar-refractivity contribution in [2.24, 2.45) is 0 Å². The van der Waals surface area contributed by atoms with Gasteiger partial charge in [-0.25, -0.2) is 4.98 Å². The summed E-state index contributed by atoms with van der Waals surface area (Å²) >= 11 is 5.07. The number of pyridine rings is 1. The summed E-state index contributed by atoms with van der Waals surface area (Å²) < 4.78 is 6.87. The van der Waals surface area contributed by atoms with Gasteiger partial charge in [0.05, 0.1) is 6.54 Å². The second-order valence-corrected chi connectivity index (χ2v) is 8.26. The van der Waals surface area contributed by atoms with Crippen molar-refractivity contribution in [1.29, 1.82) is 0 Å². The molecule has 0 spiro atoms. The smallest absolute Gasteiger partial charge is 0.295 e. The second kappa shape index (κ2) is 7.29. The van der Waals surface area contributed by atoms with E-state index in [4.69, 9.17) is 4.42 Å². The molecule has 1 amide bonds. The van der Waals surface area contributed by atoms with Gasteiger partial charge in [0, 0.05) is 26.5 Å². The van der Waals surface area contributed by atoms with Crippen LogP contribution in [0.25, 0.3) is 11.0 Å². The van der Waals surface area contributed by atoms with Gasteiger partial charge in [-0.15, -0.1) is 11.3 Å². The topological polar surface area (TPSA) is 46.3 Å². The molecule has 27 heavy (non-hydrogen) atoms. The molecule has 4 rings (SSSR count). The summed E-state index contributed by atoms with van der Waals surface area (Å²) in [6.07, 6.45) is 1.71. The molecule has 0 N–H and O–H groups in total. The summed E-state index contributed by atoms with van der Waals surface area (Å²) in [4.78, 5) is 20.7. The first-order valence-electron chi connectivity index (χ1n) is 8.49. The highest BCUT2D eigenvalue weighted by atomic mass is 79.9. The number of amides is 1. The lowest BCUT2D eigenvalue weighted by Gasteiger charge is -2.22. The van der Waals surface area contributed by atoms with E-state index in [1.807, 2.05) is 61.7 Å². The summed E-state index contributed by atoms with van der Waals surface area (Å²) in [5.41, 5.74) is 2.48. The minimum Gasteiger partial charge on any atom is -0.451 e. The quantitative estimate of drug-likeness (QED) is 0.384. The Kier molecular flexibility index (Phi) is 4.85. The fourth-order valence-corrected chi connectivity index (χ4v) is 4.12. The molecule has 1 aromatic carbocycles. The van der Waals surface area contributed by atoms with E-state index in [-0.39, 0.29) is 5.91 Å². The van der Waals surface area contributed by atoms with Gasteiger partial charge in [0.1, 0.15) is 11.4 Å². The Morgan fingerprint density at radius 2 is 2.07 bits per heavy atom. The third kappa shape index (κ3) is 3.42.